The summed E-state index contributed by atoms with van der Waals surface area (Å²) in [4.78, 5) is 0. The summed E-state index contributed by atoms with van der Waals surface area (Å²) < 4.78 is 0. The maximum atomic E-state index is 9.31. The highest BCUT2D eigenvalue weighted by Gasteiger charge is 1.98. The van der Waals surface area contributed by atoms with Crippen molar-refractivity contribution in [3.05, 3.63) is 64.7 Å². The van der Waals surface area contributed by atoms with Gasteiger partial charge in [-0.2, -0.15) is 5.10 Å². The first-order chi connectivity index (χ1) is 10.1. The van der Waals surface area contributed by atoms with Crippen LogP contribution in [0.1, 0.15) is 11.1 Å². The number of nitrogens with zero attached hydrogens (tertiary/aromatic N) is 1. The van der Waals surface area contributed by atoms with E-state index in [9.17, 15) is 5.11 Å². The fourth-order valence-corrected chi connectivity index (χ4v) is 1.90. The summed E-state index contributed by atoms with van der Waals surface area (Å²) in [5, 5.41) is 17.1. The zero-order chi connectivity index (χ0) is 15.1. The van der Waals surface area contributed by atoms with Gasteiger partial charge in [0.2, 0.25) is 0 Å². The zero-order valence-corrected chi connectivity index (χ0v) is 12.7. The molecule has 2 aromatic rings. The van der Waals surface area contributed by atoms with Crippen molar-refractivity contribution in [2.24, 2.45) is 5.10 Å². The summed E-state index contributed by atoms with van der Waals surface area (Å²) in [5.74, 6) is 0.0434. The van der Waals surface area contributed by atoms with Crippen LogP contribution in [0, 0.1) is 0 Å². The van der Waals surface area contributed by atoms with Crippen molar-refractivity contribution in [2.75, 3.05) is 0 Å². The molecule has 0 fully saturated rings. The minimum absolute atomic E-state index is 0.0434. The Morgan fingerprint density at radius 1 is 1.24 bits per heavy atom. The highest BCUT2D eigenvalue weighted by Crippen LogP contribution is 2.22. The molecular weight excluding hydrogens is 306 g/mol. The summed E-state index contributed by atoms with van der Waals surface area (Å²) in [5.41, 5.74) is 4.62. The molecule has 2 rings (SSSR count). The van der Waals surface area contributed by atoms with E-state index in [4.69, 9.17) is 23.8 Å². The van der Waals surface area contributed by atoms with Crippen LogP contribution in [0.5, 0.6) is 5.75 Å². The number of phenols is 1. The number of benzene rings is 2. The predicted octanol–water partition coefficient (Wildman–Crippen LogP) is 3.04. The number of nitrogens with one attached hydrogen (secondary N) is 2. The summed E-state index contributed by atoms with van der Waals surface area (Å²) in [7, 11) is 0. The first-order valence-electron chi connectivity index (χ1n) is 6.24. The van der Waals surface area contributed by atoms with Gasteiger partial charge in [-0.25, -0.2) is 0 Å². The number of thiocarbonyl (C=S) groups is 1. The Balaban J connectivity index is 1.80. The topological polar surface area (TPSA) is 56.7 Å². The number of rotatable bonds is 4. The second kappa shape index (κ2) is 7.61. The van der Waals surface area contributed by atoms with Crippen molar-refractivity contribution in [2.45, 2.75) is 6.54 Å². The molecule has 0 aromatic heterocycles. The molecule has 0 spiro atoms. The third-order valence-electron chi connectivity index (χ3n) is 2.65. The van der Waals surface area contributed by atoms with Crippen molar-refractivity contribution in [1.82, 2.24) is 10.7 Å². The van der Waals surface area contributed by atoms with E-state index in [0.29, 0.717) is 11.7 Å². The Morgan fingerprint density at radius 2 is 2.00 bits per heavy atom. The van der Waals surface area contributed by atoms with Crippen LogP contribution >= 0.6 is 23.8 Å². The van der Waals surface area contributed by atoms with Crippen LogP contribution in [0.4, 0.5) is 0 Å². The molecule has 0 aliphatic heterocycles. The minimum Gasteiger partial charge on any atom is -0.506 e. The predicted molar refractivity (Wildman–Crippen MR) is 89.7 cm³/mol. The maximum Gasteiger partial charge on any atom is 0.187 e. The fourth-order valence-electron chi connectivity index (χ4n) is 1.59. The Hall–Kier alpha value is -2.11. The Kier molecular flexibility index (Phi) is 5.54. The molecule has 0 aliphatic rings. The van der Waals surface area contributed by atoms with Gasteiger partial charge in [-0.15, -0.1) is 0 Å². The maximum absolute atomic E-state index is 9.31. The van der Waals surface area contributed by atoms with Gasteiger partial charge in [0.1, 0.15) is 5.75 Å². The van der Waals surface area contributed by atoms with Crippen molar-refractivity contribution >= 4 is 35.1 Å². The molecule has 6 heteroatoms. The third kappa shape index (κ3) is 5.06. The number of phenolic OH excluding ortho intramolecular Hbond substituents is 1. The average molecular weight is 320 g/mol. The molecule has 2 aromatic carbocycles. The lowest BCUT2D eigenvalue weighted by atomic mass is 10.2. The van der Waals surface area contributed by atoms with E-state index in [-0.39, 0.29) is 10.8 Å². The van der Waals surface area contributed by atoms with Gasteiger partial charge >= 0.3 is 0 Å². The Bertz CT molecular complexity index is 647. The fraction of sp³-hybridized carbons (Fsp3) is 0.0667. The van der Waals surface area contributed by atoms with Crippen LogP contribution in [-0.2, 0) is 6.54 Å². The lowest BCUT2D eigenvalue weighted by Gasteiger charge is -2.06. The van der Waals surface area contributed by atoms with Crippen LogP contribution in [0.25, 0.3) is 0 Å². The Morgan fingerprint density at radius 3 is 2.71 bits per heavy atom. The summed E-state index contributed by atoms with van der Waals surface area (Å²) in [6.45, 7) is 0.632. The molecule has 0 atom stereocenters. The van der Waals surface area contributed by atoms with Crippen molar-refractivity contribution in [3.63, 3.8) is 0 Å². The molecule has 21 heavy (non-hydrogen) atoms. The average Bonchev–Trinajstić information content (AvgIpc) is 2.50. The number of hydrogen-bond acceptors (Lipinski definition) is 3. The van der Waals surface area contributed by atoms with Gasteiger partial charge in [-0.05, 0) is 41.5 Å². The molecule has 4 nitrogen and oxygen atoms in total. The van der Waals surface area contributed by atoms with Crippen molar-refractivity contribution in [1.29, 1.82) is 0 Å². The quantitative estimate of drug-likeness (QED) is 0.460. The molecule has 0 radical (unpaired) electrons. The van der Waals surface area contributed by atoms with Crippen LogP contribution in [-0.4, -0.2) is 16.4 Å². The molecule has 0 bridgehead atoms. The number of hydrazone groups is 1. The number of halogens is 1. The molecule has 108 valence electrons. The van der Waals surface area contributed by atoms with E-state index in [0.717, 1.165) is 11.1 Å². The lowest BCUT2D eigenvalue weighted by molar-refractivity contribution is 0.475. The monoisotopic (exact) mass is 319 g/mol. The first kappa shape index (κ1) is 15.3. The van der Waals surface area contributed by atoms with E-state index in [1.165, 1.54) is 6.07 Å². The van der Waals surface area contributed by atoms with E-state index < -0.39 is 0 Å². The van der Waals surface area contributed by atoms with Crippen LogP contribution in [0.15, 0.2) is 53.6 Å². The van der Waals surface area contributed by atoms with Crippen LogP contribution in [0.3, 0.4) is 0 Å². The molecule has 0 amide bonds. The van der Waals surface area contributed by atoms with Crippen molar-refractivity contribution in [3.8, 4) is 5.75 Å². The molecular formula is C15H14ClN3OS. The van der Waals surface area contributed by atoms with Gasteiger partial charge in [0.05, 0.1) is 11.2 Å². The highest BCUT2D eigenvalue weighted by molar-refractivity contribution is 7.80. The summed E-state index contributed by atoms with van der Waals surface area (Å²) in [6.07, 6.45) is 1.57. The molecule has 0 unspecified atom stereocenters. The lowest BCUT2D eigenvalue weighted by Crippen LogP contribution is -2.31. The van der Waals surface area contributed by atoms with Crippen LogP contribution in [0.2, 0.25) is 5.02 Å². The van der Waals surface area contributed by atoms with E-state index in [2.05, 4.69) is 15.8 Å². The third-order valence-corrected chi connectivity index (χ3v) is 3.19. The molecule has 0 saturated carbocycles. The SMILES string of the molecule is Oc1ccc(/C=N\NC(=S)NCc2ccccc2)cc1Cl. The second-order valence-electron chi connectivity index (χ2n) is 4.25. The molecule has 0 aliphatic carbocycles. The van der Waals surface area contributed by atoms with Gasteiger partial charge in [0.15, 0.2) is 5.11 Å². The zero-order valence-electron chi connectivity index (χ0n) is 11.1. The number of hydrogen-bond donors (Lipinski definition) is 3. The van der Waals surface area contributed by atoms with Gasteiger partial charge < -0.3 is 10.4 Å². The van der Waals surface area contributed by atoms with E-state index >= 15 is 0 Å². The minimum atomic E-state index is 0.0434. The molecule has 3 N–H and O–H groups in total. The van der Waals surface area contributed by atoms with Gasteiger partial charge in [-0.1, -0.05) is 41.9 Å². The Labute approximate surface area is 133 Å². The summed E-state index contributed by atoms with van der Waals surface area (Å²) >= 11 is 10.9. The normalized spacial score (nSPS) is 10.5. The van der Waals surface area contributed by atoms with Gasteiger partial charge in [-0.3, -0.25) is 5.43 Å². The number of aromatic hydroxyl groups is 1. The van der Waals surface area contributed by atoms with Gasteiger partial charge in [0, 0.05) is 6.54 Å². The second-order valence-corrected chi connectivity index (χ2v) is 5.06. The van der Waals surface area contributed by atoms with Crippen molar-refractivity contribution < 1.29 is 5.11 Å². The van der Waals surface area contributed by atoms with E-state index in [1.54, 1.807) is 18.3 Å². The largest absolute Gasteiger partial charge is 0.506 e. The molecule has 0 heterocycles. The highest BCUT2D eigenvalue weighted by atomic mass is 35.5. The van der Waals surface area contributed by atoms with E-state index in [1.807, 2.05) is 30.3 Å². The standard InChI is InChI=1S/C15H14ClN3OS/c16-13-8-12(6-7-14(13)20)10-18-19-15(21)17-9-11-4-2-1-3-5-11/h1-8,10,20H,9H2,(H2,17,19,21)/b18-10-. The smallest absolute Gasteiger partial charge is 0.187 e. The van der Waals surface area contributed by atoms with Crippen LogP contribution < -0.4 is 10.7 Å². The summed E-state index contributed by atoms with van der Waals surface area (Å²) in [6, 6.07) is 14.8. The first-order valence-corrected chi connectivity index (χ1v) is 7.03. The molecule has 0 saturated heterocycles. The van der Waals surface area contributed by atoms with Gasteiger partial charge in [0.25, 0.3) is 0 Å².